The number of ether oxygens (including phenoxy) is 2. The number of anilines is 1. The summed E-state index contributed by atoms with van der Waals surface area (Å²) in [4.78, 5) is 8.83. The normalized spacial score (nSPS) is 10.7. The van der Waals surface area contributed by atoms with Crippen molar-refractivity contribution in [2.24, 2.45) is 5.73 Å². The number of hydrogen-bond acceptors (Lipinski definition) is 6. The monoisotopic (exact) mass is 338 g/mol. The second kappa shape index (κ2) is 7.81. The molecule has 0 atom stereocenters. The van der Waals surface area contributed by atoms with E-state index in [0.717, 1.165) is 52.2 Å². The highest BCUT2D eigenvalue weighted by atomic mass is 16.5. The van der Waals surface area contributed by atoms with Gasteiger partial charge in [0, 0.05) is 53.1 Å². The Morgan fingerprint density at radius 1 is 1.16 bits per heavy atom. The molecule has 3 rings (SSSR count). The lowest BCUT2D eigenvalue weighted by molar-refractivity contribution is 0.398. The van der Waals surface area contributed by atoms with E-state index in [1.807, 2.05) is 36.7 Å². The van der Waals surface area contributed by atoms with E-state index in [4.69, 9.17) is 15.2 Å². The Kier molecular flexibility index (Phi) is 5.30. The first-order valence-electron chi connectivity index (χ1n) is 8.17. The average Bonchev–Trinajstić information content (AvgIpc) is 2.68. The van der Waals surface area contributed by atoms with Gasteiger partial charge in [-0.25, -0.2) is 4.98 Å². The van der Waals surface area contributed by atoms with Gasteiger partial charge in [0.2, 0.25) is 0 Å². The quantitative estimate of drug-likeness (QED) is 0.644. The van der Waals surface area contributed by atoms with Crippen molar-refractivity contribution >= 4 is 16.6 Å². The van der Waals surface area contributed by atoms with Crippen LogP contribution in [0.2, 0.25) is 0 Å². The van der Waals surface area contributed by atoms with E-state index in [0.29, 0.717) is 6.54 Å². The van der Waals surface area contributed by atoms with Gasteiger partial charge < -0.3 is 20.5 Å². The number of benzene rings is 1. The topological polar surface area (TPSA) is 82.3 Å². The zero-order valence-electron chi connectivity index (χ0n) is 14.5. The molecule has 0 spiro atoms. The molecule has 25 heavy (non-hydrogen) atoms. The molecule has 1 aromatic carbocycles. The zero-order chi connectivity index (χ0) is 17.6. The Labute approximate surface area is 147 Å². The predicted octanol–water partition coefficient (Wildman–Crippen LogP) is 3.07. The van der Waals surface area contributed by atoms with Gasteiger partial charge in [-0.2, -0.15) is 0 Å². The number of rotatable bonds is 7. The molecule has 0 aliphatic carbocycles. The molecule has 0 amide bonds. The number of hydrogen-bond donors (Lipinski definition) is 2. The van der Waals surface area contributed by atoms with Gasteiger partial charge in [0.25, 0.3) is 0 Å². The summed E-state index contributed by atoms with van der Waals surface area (Å²) in [6.45, 7) is 1.38. The maximum atomic E-state index is 5.64. The summed E-state index contributed by atoms with van der Waals surface area (Å²) >= 11 is 0. The first-order valence-corrected chi connectivity index (χ1v) is 8.17. The van der Waals surface area contributed by atoms with Crippen LogP contribution in [-0.2, 0) is 0 Å². The number of pyridine rings is 2. The van der Waals surface area contributed by atoms with Gasteiger partial charge in [-0.05, 0) is 25.1 Å². The van der Waals surface area contributed by atoms with Crippen LogP contribution in [0.5, 0.6) is 11.5 Å². The van der Waals surface area contributed by atoms with Crippen LogP contribution >= 0.6 is 0 Å². The second-order valence-electron chi connectivity index (χ2n) is 5.58. The van der Waals surface area contributed by atoms with Crippen molar-refractivity contribution in [2.75, 3.05) is 32.6 Å². The van der Waals surface area contributed by atoms with Crippen molar-refractivity contribution in [1.29, 1.82) is 0 Å². The van der Waals surface area contributed by atoms with E-state index in [9.17, 15) is 0 Å². The van der Waals surface area contributed by atoms with Gasteiger partial charge in [-0.1, -0.05) is 6.07 Å². The van der Waals surface area contributed by atoms with E-state index in [1.165, 1.54) is 0 Å². The third kappa shape index (κ3) is 3.49. The van der Waals surface area contributed by atoms with E-state index < -0.39 is 0 Å². The molecule has 0 aliphatic rings. The van der Waals surface area contributed by atoms with Crippen molar-refractivity contribution in [3.8, 4) is 22.6 Å². The minimum atomic E-state index is 0.630. The molecule has 6 nitrogen and oxygen atoms in total. The Hall–Kier alpha value is -2.86. The van der Waals surface area contributed by atoms with Crippen LogP contribution in [0.1, 0.15) is 6.42 Å². The highest BCUT2D eigenvalue weighted by Gasteiger charge is 2.15. The summed E-state index contributed by atoms with van der Waals surface area (Å²) in [5.41, 5.74) is 7.54. The van der Waals surface area contributed by atoms with Crippen LogP contribution < -0.4 is 20.5 Å². The Morgan fingerprint density at radius 2 is 2.04 bits per heavy atom. The molecule has 0 saturated heterocycles. The lowest BCUT2D eigenvalue weighted by atomic mass is 10.0. The highest BCUT2D eigenvalue weighted by Crippen LogP contribution is 2.40. The van der Waals surface area contributed by atoms with Crippen LogP contribution in [0, 0.1) is 0 Å². The molecule has 2 heterocycles. The number of nitrogens with one attached hydrogen (secondary N) is 1. The lowest BCUT2D eigenvalue weighted by Gasteiger charge is -2.16. The van der Waals surface area contributed by atoms with Gasteiger partial charge in [0.05, 0.1) is 14.2 Å². The van der Waals surface area contributed by atoms with Gasteiger partial charge in [-0.15, -0.1) is 0 Å². The SMILES string of the molecule is COc1cc(OC)c2c(-c3cccnc3)cnc(NCCCN)c2c1. The van der Waals surface area contributed by atoms with Gasteiger partial charge in [-0.3, -0.25) is 4.98 Å². The van der Waals surface area contributed by atoms with Crippen LogP contribution in [0.15, 0.2) is 42.9 Å². The Balaban J connectivity index is 2.23. The van der Waals surface area contributed by atoms with Crippen LogP contribution in [0.4, 0.5) is 5.82 Å². The van der Waals surface area contributed by atoms with Crippen molar-refractivity contribution in [2.45, 2.75) is 6.42 Å². The van der Waals surface area contributed by atoms with E-state index >= 15 is 0 Å². The Morgan fingerprint density at radius 3 is 2.72 bits per heavy atom. The minimum Gasteiger partial charge on any atom is -0.497 e. The molecule has 3 aromatic rings. The maximum absolute atomic E-state index is 5.64. The summed E-state index contributed by atoms with van der Waals surface area (Å²) < 4.78 is 11.1. The molecule has 0 radical (unpaired) electrons. The third-order valence-corrected chi connectivity index (χ3v) is 4.02. The average molecular weight is 338 g/mol. The zero-order valence-corrected chi connectivity index (χ0v) is 14.5. The van der Waals surface area contributed by atoms with Crippen LogP contribution in [0.25, 0.3) is 21.9 Å². The van der Waals surface area contributed by atoms with Gasteiger partial charge in [0.15, 0.2) is 0 Å². The number of methoxy groups -OCH3 is 2. The van der Waals surface area contributed by atoms with Crippen LogP contribution in [-0.4, -0.2) is 37.3 Å². The number of nitrogens with zero attached hydrogens (tertiary/aromatic N) is 2. The molecule has 6 heteroatoms. The lowest BCUT2D eigenvalue weighted by Crippen LogP contribution is -2.10. The van der Waals surface area contributed by atoms with Crippen molar-refractivity contribution in [3.05, 3.63) is 42.9 Å². The van der Waals surface area contributed by atoms with E-state index in [-0.39, 0.29) is 0 Å². The molecular formula is C19H22N4O2. The fourth-order valence-corrected chi connectivity index (χ4v) is 2.79. The fraction of sp³-hybridized carbons (Fsp3) is 0.263. The summed E-state index contributed by atoms with van der Waals surface area (Å²) in [6, 6.07) is 7.76. The van der Waals surface area contributed by atoms with Crippen molar-refractivity contribution in [1.82, 2.24) is 9.97 Å². The number of fused-ring (bicyclic) bond motifs is 1. The molecule has 2 aromatic heterocycles. The molecule has 0 aliphatic heterocycles. The largest absolute Gasteiger partial charge is 0.497 e. The summed E-state index contributed by atoms with van der Waals surface area (Å²) in [5.74, 6) is 2.24. The smallest absolute Gasteiger partial charge is 0.134 e. The Bertz CT molecular complexity index is 853. The summed E-state index contributed by atoms with van der Waals surface area (Å²) in [6.07, 6.45) is 6.29. The molecular weight excluding hydrogens is 316 g/mol. The minimum absolute atomic E-state index is 0.630. The van der Waals surface area contributed by atoms with E-state index in [1.54, 1.807) is 20.4 Å². The van der Waals surface area contributed by atoms with Crippen LogP contribution in [0.3, 0.4) is 0 Å². The highest BCUT2D eigenvalue weighted by molar-refractivity contribution is 6.06. The fourth-order valence-electron chi connectivity index (χ4n) is 2.79. The molecule has 3 N–H and O–H groups in total. The standard InChI is InChI=1S/C19H22N4O2/c1-24-14-9-15-18(17(10-14)25-2)16(13-5-3-7-21-11-13)12-23-19(15)22-8-4-6-20/h3,5,7,9-12H,4,6,8,20H2,1-2H3,(H,22,23). The molecule has 0 saturated carbocycles. The summed E-state index contributed by atoms with van der Waals surface area (Å²) in [5, 5.41) is 5.27. The van der Waals surface area contributed by atoms with Crippen molar-refractivity contribution < 1.29 is 9.47 Å². The van der Waals surface area contributed by atoms with Gasteiger partial charge >= 0.3 is 0 Å². The van der Waals surface area contributed by atoms with Gasteiger partial charge in [0.1, 0.15) is 17.3 Å². The predicted molar refractivity (Wildman–Crippen MR) is 100 cm³/mol. The second-order valence-corrected chi connectivity index (χ2v) is 5.58. The molecule has 130 valence electrons. The molecule has 0 fully saturated rings. The maximum Gasteiger partial charge on any atom is 0.134 e. The number of nitrogens with two attached hydrogens (primary N) is 1. The molecule has 0 unspecified atom stereocenters. The third-order valence-electron chi connectivity index (χ3n) is 4.02. The first-order chi connectivity index (χ1) is 12.3. The number of aromatic nitrogens is 2. The molecule has 0 bridgehead atoms. The van der Waals surface area contributed by atoms with Crippen molar-refractivity contribution in [3.63, 3.8) is 0 Å². The first kappa shape index (κ1) is 17.0. The van der Waals surface area contributed by atoms with E-state index in [2.05, 4.69) is 15.3 Å². The summed E-state index contributed by atoms with van der Waals surface area (Å²) in [7, 11) is 3.30.